The number of anilines is 1. The molecule has 2 aromatic rings. The Morgan fingerprint density at radius 3 is 2.60 bits per heavy atom. The summed E-state index contributed by atoms with van der Waals surface area (Å²) >= 11 is 5.57. The van der Waals surface area contributed by atoms with Crippen LogP contribution >= 0.6 is 12.2 Å². The van der Waals surface area contributed by atoms with Gasteiger partial charge in [0.15, 0.2) is 11.5 Å². The number of ether oxygens (including phenoxy) is 4. The Labute approximate surface area is 182 Å². The predicted molar refractivity (Wildman–Crippen MR) is 120 cm³/mol. The molecule has 6 nitrogen and oxygen atoms in total. The molecule has 0 aromatic heterocycles. The second-order valence-corrected chi connectivity index (χ2v) is 7.30. The number of thiocarbonyl (C=S) groups is 1. The second kappa shape index (κ2) is 9.91. The number of methoxy groups -OCH3 is 2. The van der Waals surface area contributed by atoms with Crippen LogP contribution < -0.4 is 14.8 Å². The largest absolute Gasteiger partial charge is 0.493 e. The minimum atomic E-state index is -0.641. The van der Waals surface area contributed by atoms with E-state index in [9.17, 15) is 4.79 Å². The van der Waals surface area contributed by atoms with E-state index in [1.54, 1.807) is 21.1 Å². The van der Waals surface area contributed by atoms with Gasteiger partial charge >= 0.3 is 5.97 Å². The standard InChI is InChI=1S/C23H27NO5S/c1-5-14-10-11-17-16(12-14)21(15-8-7-9-18(26-3)22(15)27-4)29-19(23(30)24-17)13-20(25)28-6-2/h7-12,19,21H,5-6,13H2,1-4H3,(H,24,30)/t19-,21-/m1/s1. The molecule has 0 radical (unpaired) electrons. The Morgan fingerprint density at radius 1 is 1.13 bits per heavy atom. The molecular formula is C23H27NO5S. The van der Waals surface area contributed by atoms with E-state index >= 15 is 0 Å². The molecule has 0 amide bonds. The lowest BCUT2D eigenvalue weighted by Crippen LogP contribution is -2.31. The number of nitrogens with one attached hydrogen (secondary N) is 1. The summed E-state index contributed by atoms with van der Waals surface area (Å²) in [6.07, 6.45) is -0.246. The minimum Gasteiger partial charge on any atom is -0.493 e. The van der Waals surface area contributed by atoms with Crippen LogP contribution in [-0.4, -0.2) is 37.9 Å². The van der Waals surface area contributed by atoms with Crippen molar-refractivity contribution in [1.29, 1.82) is 0 Å². The molecule has 1 aliphatic rings. The molecule has 2 atom stereocenters. The monoisotopic (exact) mass is 429 g/mol. The van der Waals surface area contributed by atoms with Crippen molar-refractivity contribution in [3.8, 4) is 11.5 Å². The van der Waals surface area contributed by atoms with Gasteiger partial charge in [0.2, 0.25) is 0 Å². The van der Waals surface area contributed by atoms with Gasteiger partial charge in [0.1, 0.15) is 17.2 Å². The number of carbonyl (C=O) groups is 1. The molecule has 0 bridgehead atoms. The fraction of sp³-hybridized carbons (Fsp3) is 0.391. The van der Waals surface area contributed by atoms with Crippen molar-refractivity contribution in [2.75, 3.05) is 26.1 Å². The second-order valence-electron chi connectivity index (χ2n) is 6.86. The van der Waals surface area contributed by atoms with Crippen molar-refractivity contribution in [1.82, 2.24) is 0 Å². The maximum Gasteiger partial charge on any atom is 0.308 e. The molecule has 1 heterocycles. The van der Waals surface area contributed by atoms with E-state index < -0.39 is 12.2 Å². The number of esters is 1. The Kier molecular flexibility index (Phi) is 7.29. The molecule has 7 heteroatoms. The summed E-state index contributed by atoms with van der Waals surface area (Å²) in [6, 6.07) is 11.8. The van der Waals surface area contributed by atoms with Gasteiger partial charge in [0.25, 0.3) is 0 Å². The van der Waals surface area contributed by atoms with Gasteiger partial charge < -0.3 is 24.3 Å². The number of rotatable bonds is 7. The molecule has 2 aromatic carbocycles. The van der Waals surface area contributed by atoms with Gasteiger partial charge in [-0.05, 0) is 31.0 Å². The maximum absolute atomic E-state index is 12.2. The van der Waals surface area contributed by atoms with E-state index in [4.69, 9.17) is 31.2 Å². The van der Waals surface area contributed by atoms with E-state index in [1.807, 2.05) is 24.3 Å². The van der Waals surface area contributed by atoms with Gasteiger partial charge in [0, 0.05) is 16.8 Å². The highest BCUT2D eigenvalue weighted by Gasteiger charge is 2.33. The third kappa shape index (κ3) is 4.57. The lowest BCUT2D eigenvalue weighted by molar-refractivity contribution is -0.145. The molecule has 0 saturated heterocycles. The van der Waals surface area contributed by atoms with Gasteiger partial charge in [-0.3, -0.25) is 4.79 Å². The van der Waals surface area contributed by atoms with Crippen molar-refractivity contribution in [2.24, 2.45) is 0 Å². The van der Waals surface area contributed by atoms with Crippen LogP contribution in [0.1, 0.15) is 43.1 Å². The number of carbonyl (C=O) groups excluding carboxylic acids is 1. The van der Waals surface area contributed by atoms with Crippen LogP contribution in [0.4, 0.5) is 5.69 Å². The third-order valence-electron chi connectivity index (χ3n) is 5.03. The fourth-order valence-electron chi connectivity index (χ4n) is 3.55. The van der Waals surface area contributed by atoms with E-state index in [2.05, 4.69) is 24.4 Å². The average Bonchev–Trinajstić information content (AvgIpc) is 2.89. The highest BCUT2D eigenvalue weighted by Crippen LogP contribution is 2.43. The summed E-state index contributed by atoms with van der Waals surface area (Å²) < 4.78 is 22.7. The molecule has 160 valence electrons. The van der Waals surface area contributed by atoms with Crippen molar-refractivity contribution in [3.63, 3.8) is 0 Å². The first-order valence-corrected chi connectivity index (χ1v) is 10.4. The van der Waals surface area contributed by atoms with E-state index in [0.29, 0.717) is 23.1 Å². The number of hydrogen-bond acceptors (Lipinski definition) is 6. The van der Waals surface area contributed by atoms with E-state index in [1.165, 1.54) is 5.56 Å². The summed E-state index contributed by atoms with van der Waals surface area (Å²) in [5.74, 6) is 0.831. The Morgan fingerprint density at radius 2 is 1.93 bits per heavy atom. The van der Waals surface area contributed by atoms with Crippen LogP contribution in [0.15, 0.2) is 36.4 Å². The lowest BCUT2D eigenvalue weighted by Gasteiger charge is -2.24. The van der Waals surface area contributed by atoms with Crippen LogP contribution in [0.5, 0.6) is 11.5 Å². The summed E-state index contributed by atoms with van der Waals surface area (Å²) in [5, 5.41) is 3.26. The predicted octanol–water partition coefficient (Wildman–Crippen LogP) is 4.45. The zero-order valence-corrected chi connectivity index (χ0v) is 18.5. The minimum absolute atomic E-state index is 0.0249. The number of hydrogen-bond donors (Lipinski definition) is 1. The van der Waals surface area contributed by atoms with E-state index in [-0.39, 0.29) is 12.4 Å². The molecule has 3 rings (SSSR count). The summed E-state index contributed by atoms with van der Waals surface area (Å²) in [7, 11) is 3.19. The first-order valence-electron chi connectivity index (χ1n) is 9.97. The lowest BCUT2D eigenvalue weighted by atomic mass is 9.96. The molecule has 0 fully saturated rings. The number of fused-ring (bicyclic) bond motifs is 1. The first kappa shape index (κ1) is 22.1. The molecule has 1 aliphatic heterocycles. The molecule has 0 saturated carbocycles. The third-order valence-corrected chi connectivity index (χ3v) is 5.40. The van der Waals surface area contributed by atoms with Crippen molar-refractivity contribution in [2.45, 2.75) is 38.9 Å². The number of benzene rings is 2. The van der Waals surface area contributed by atoms with Crippen LogP contribution in [0.3, 0.4) is 0 Å². The normalized spacial score (nSPS) is 18.1. The highest BCUT2D eigenvalue weighted by atomic mass is 32.1. The van der Waals surface area contributed by atoms with Crippen molar-refractivity contribution < 1.29 is 23.7 Å². The van der Waals surface area contributed by atoms with Crippen LogP contribution in [0.25, 0.3) is 0 Å². The van der Waals surface area contributed by atoms with Crippen LogP contribution in [-0.2, 0) is 20.7 Å². The van der Waals surface area contributed by atoms with Gasteiger partial charge in [-0.1, -0.05) is 43.4 Å². The SMILES string of the molecule is CCOC(=O)C[C@H]1O[C@H](c2cccc(OC)c2OC)c2cc(CC)ccc2NC1=S. The molecule has 0 aliphatic carbocycles. The van der Waals surface area contributed by atoms with Crippen molar-refractivity contribution in [3.05, 3.63) is 53.1 Å². The van der Waals surface area contributed by atoms with Crippen molar-refractivity contribution >= 4 is 28.9 Å². The van der Waals surface area contributed by atoms with E-state index in [0.717, 1.165) is 23.2 Å². The average molecular weight is 430 g/mol. The zero-order chi connectivity index (χ0) is 21.7. The molecule has 1 N–H and O–H groups in total. The quantitative estimate of drug-likeness (QED) is 0.515. The molecular weight excluding hydrogens is 402 g/mol. The Hall–Kier alpha value is -2.64. The maximum atomic E-state index is 12.2. The van der Waals surface area contributed by atoms with Crippen LogP contribution in [0, 0.1) is 0 Å². The molecule has 30 heavy (non-hydrogen) atoms. The highest BCUT2D eigenvalue weighted by molar-refractivity contribution is 7.80. The van der Waals surface area contributed by atoms with Gasteiger partial charge in [-0.25, -0.2) is 0 Å². The smallest absolute Gasteiger partial charge is 0.308 e. The number of para-hydroxylation sites is 1. The fourth-order valence-corrected chi connectivity index (χ4v) is 3.80. The topological polar surface area (TPSA) is 66.0 Å². The molecule has 0 spiro atoms. The summed E-state index contributed by atoms with van der Waals surface area (Å²) in [4.78, 5) is 12.6. The van der Waals surface area contributed by atoms with Gasteiger partial charge in [-0.15, -0.1) is 0 Å². The number of aryl methyl sites for hydroxylation is 1. The Bertz CT molecular complexity index is 930. The molecule has 0 unspecified atom stereocenters. The summed E-state index contributed by atoms with van der Waals surface area (Å²) in [5.41, 5.74) is 3.74. The zero-order valence-electron chi connectivity index (χ0n) is 17.7. The van der Waals surface area contributed by atoms with Gasteiger partial charge in [0.05, 0.1) is 27.2 Å². The summed E-state index contributed by atoms with van der Waals surface area (Å²) in [6.45, 7) is 4.18. The first-order chi connectivity index (χ1) is 14.5. The van der Waals surface area contributed by atoms with Gasteiger partial charge in [-0.2, -0.15) is 0 Å². The van der Waals surface area contributed by atoms with Crippen LogP contribution in [0.2, 0.25) is 0 Å². The Balaban J connectivity index is 2.12.